The molecule has 1 aromatic heterocycles. The fourth-order valence-electron chi connectivity index (χ4n) is 0.585. The molecule has 0 atom stereocenters. The van der Waals surface area contributed by atoms with E-state index in [2.05, 4.69) is 4.98 Å². The van der Waals surface area contributed by atoms with Crippen molar-refractivity contribution in [3.8, 4) is 0 Å². The van der Waals surface area contributed by atoms with Gasteiger partial charge in [0.15, 0.2) is 0 Å². The van der Waals surface area contributed by atoms with Gasteiger partial charge in [0.2, 0.25) is 0 Å². The number of rotatable bonds is 2. The molecule has 0 fully saturated rings. The van der Waals surface area contributed by atoms with E-state index < -0.39 is 5.97 Å². The van der Waals surface area contributed by atoms with Gasteiger partial charge in [0, 0.05) is 18.2 Å². The number of nitrogen functional groups attached to an aromatic ring is 1. The molecule has 0 radical (unpaired) electrons. The third kappa shape index (κ3) is 5.10. The smallest absolute Gasteiger partial charge is 0.303 e. The lowest BCUT2D eigenvalue weighted by molar-refractivity contribution is -0.136. The van der Waals surface area contributed by atoms with Crippen LogP contribution in [0.3, 0.4) is 0 Å². The van der Waals surface area contributed by atoms with Crippen molar-refractivity contribution >= 4 is 11.8 Å². The van der Waals surface area contributed by atoms with Crippen molar-refractivity contribution < 1.29 is 15.0 Å². The minimum atomic E-state index is -0.745. The first-order valence-electron chi connectivity index (χ1n) is 4.13. The predicted molar refractivity (Wildman–Crippen MR) is 52.5 cm³/mol. The van der Waals surface area contributed by atoms with Crippen LogP contribution in [0.5, 0.6) is 0 Å². The number of carboxylic acids is 1. The summed E-state index contributed by atoms with van der Waals surface area (Å²) in [6.45, 7) is 1.56. The lowest BCUT2D eigenvalue weighted by atomic mass is 10.3. The number of aliphatic hydroxyl groups is 1. The monoisotopic (exact) mass is 198 g/mol. The van der Waals surface area contributed by atoms with Crippen molar-refractivity contribution in [2.75, 3.05) is 5.73 Å². The molecule has 14 heavy (non-hydrogen) atoms. The molecule has 0 bridgehead atoms. The van der Waals surface area contributed by atoms with E-state index in [1.807, 2.05) is 0 Å². The van der Waals surface area contributed by atoms with E-state index in [1.54, 1.807) is 25.3 Å². The van der Waals surface area contributed by atoms with Gasteiger partial charge in [0.05, 0.1) is 6.61 Å². The Morgan fingerprint density at radius 1 is 1.64 bits per heavy atom. The first-order chi connectivity index (χ1) is 6.61. The summed E-state index contributed by atoms with van der Waals surface area (Å²) >= 11 is 0. The van der Waals surface area contributed by atoms with Crippen LogP contribution in [0.1, 0.15) is 18.9 Å². The quantitative estimate of drug-likeness (QED) is 0.647. The average Bonchev–Trinajstić information content (AvgIpc) is 2.19. The molecule has 0 aromatic carbocycles. The second-order valence-electron chi connectivity index (χ2n) is 2.45. The molecule has 1 aromatic rings. The summed E-state index contributed by atoms with van der Waals surface area (Å²) in [6.07, 6.45) is 1.81. The van der Waals surface area contributed by atoms with Gasteiger partial charge in [-0.15, -0.1) is 0 Å². The third-order valence-corrected chi connectivity index (χ3v) is 1.40. The largest absolute Gasteiger partial charge is 0.481 e. The molecule has 0 aliphatic heterocycles. The van der Waals surface area contributed by atoms with Crippen molar-refractivity contribution in [1.82, 2.24) is 4.98 Å². The first-order valence-corrected chi connectivity index (χ1v) is 4.13. The third-order valence-electron chi connectivity index (χ3n) is 1.40. The average molecular weight is 198 g/mol. The Labute approximate surface area is 82.2 Å². The maximum Gasteiger partial charge on any atom is 0.303 e. The van der Waals surface area contributed by atoms with Crippen LogP contribution in [0.4, 0.5) is 5.82 Å². The Morgan fingerprint density at radius 3 is 2.50 bits per heavy atom. The molecule has 0 aliphatic carbocycles. The summed E-state index contributed by atoms with van der Waals surface area (Å²) in [6, 6.07) is 3.48. The van der Waals surface area contributed by atoms with Crippen molar-refractivity contribution in [3.05, 3.63) is 23.9 Å². The van der Waals surface area contributed by atoms with Gasteiger partial charge in [-0.2, -0.15) is 0 Å². The van der Waals surface area contributed by atoms with Crippen LogP contribution >= 0.6 is 0 Å². The Bertz CT molecular complexity index is 289. The number of aromatic nitrogens is 1. The highest BCUT2D eigenvalue weighted by atomic mass is 16.4. The maximum atomic E-state index is 9.37. The Hall–Kier alpha value is -1.62. The van der Waals surface area contributed by atoms with Crippen molar-refractivity contribution in [1.29, 1.82) is 0 Å². The lowest BCUT2D eigenvalue weighted by Crippen LogP contribution is -1.95. The van der Waals surface area contributed by atoms with Gasteiger partial charge in [-0.25, -0.2) is 4.98 Å². The normalized spacial score (nSPS) is 8.71. The summed E-state index contributed by atoms with van der Waals surface area (Å²) in [5.74, 6) is -0.343. The van der Waals surface area contributed by atoms with Gasteiger partial charge >= 0.3 is 5.97 Å². The molecule has 1 rings (SSSR count). The minimum absolute atomic E-state index is 0.0420. The summed E-state index contributed by atoms with van der Waals surface area (Å²) in [5, 5.41) is 16.3. The van der Waals surface area contributed by atoms with Gasteiger partial charge in [0.25, 0.3) is 0 Å². The molecule has 0 unspecified atom stereocenters. The zero-order chi connectivity index (χ0) is 11.0. The Kier molecular flexibility index (Phi) is 6.06. The zero-order valence-corrected chi connectivity index (χ0v) is 7.97. The van der Waals surface area contributed by atoms with Crippen molar-refractivity contribution in [2.45, 2.75) is 20.0 Å². The number of aliphatic hydroxyl groups excluding tert-OH is 1. The number of nitrogens with two attached hydrogens (primary N) is 1. The molecule has 1 heterocycles. The molecule has 78 valence electrons. The number of carboxylic acid groups (broad SMARTS) is 1. The van der Waals surface area contributed by atoms with E-state index in [9.17, 15) is 4.79 Å². The second kappa shape index (κ2) is 6.85. The van der Waals surface area contributed by atoms with Crippen LogP contribution in [0.25, 0.3) is 0 Å². The van der Waals surface area contributed by atoms with Gasteiger partial charge in [-0.1, -0.05) is 13.0 Å². The van der Waals surface area contributed by atoms with Crippen LogP contribution in [-0.4, -0.2) is 21.2 Å². The SMILES string of the molecule is CCC(=O)O.Nc1ncccc1CO. The number of anilines is 1. The molecule has 5 nitrogen and oxygen atoms in total. The van der Waals surface area contributed by atoms with Crippen LogP contribution < -0.4 is 5.73 Å². The number of nitrogens with zero attached hydrogens (tertiary/aromatic N) is 1. The summed E-state index contributed by atoms with van der Waals surface area (Å²) < 4.78 is 0. The van der Waals surface area contributed by atoms with Gasteiger partial charge in [-0.3, -0.25) is 4.79 Å². The number of carbonyl (C=O) groups is 1. The Balaban J connectivity index is 0.000000292. The summed E-state index contributed by atoms with van der Waals surface area (Å²) in [7, 11) is 0. The molecule has 0 aliphatic rings. The molecular formula is C9H14N2O3. The minimum Gasteiger partial charge on any atom is -0.481 e. The van der Waals surface area contributed by atoms with E-state index in [1.165, 1.54) is 0 Å². The van der Waals surface area contributed by atoms with E-state index >= 15 is 0 Å². The van der Waals surface area contributed by atoms with E-state index in [-0.39, 0.29) is 13.0 Å². The highest BCUT2D eigenvalue weighted by molar-refractivity contribution is 5.66. The lowest BCUT2D eigenvalue weighted by Gasteiger charge is -1.96. The van der Waals surface area contributed by atoms with Gasteiger partial charge < -0.3 is 15.9 Å². The molecule has 4 N–H and O–H groups in total. The van der Waals surface area contributed by atoms with Crippen molar-refractivity contribution in [3.63, 3.8) is 0 Å². The molecule has 5 heteroatoms. The van der Waals surface area contributed by atoms with Crippen LogP contribution in [0.2, 0.25) is 0 Å². The van der Waals surface area contributed by atoms with Gasteiger partial charge in [0.1, 0.15) is 5.82 Å². The Morgan fingerprint density at radius 2 is 2.21 bits per heavy atom. The van der Waals surface area contributed by atoms with Crippen LogP contribution in [0.15, 0.2) is 18.3 Å². The topological polar surface area (TPSA) is 96.4 Å². The summed E-state index contributed by atoms with van der Waals surface area (Å²) in [4.78, 5) is 13.1. The zero-order valence-electron chi connectivity index (χ0n) is 7.97. The molecule has 0 saturated carbocycles. The molecule has 0 amide bonds. The van der Waals surface area contributed by atoms with Crippen LogP contribution in [-0.2, 0) is 11.4 Å². The molecule has 0 spiro atoms. The van der Waals surface area contributed by atoms with Crippen molar-refractivity contribution in [2.24, 2.45) is 0 Å². The predicted octanol–water partition coefficient (Wildman–Crippen LogP) is 0.637. The molecule has 0 saturated heterocycles. The van der Waals surface area contributed by atoms with E-state index in [0.29, 0.717) is 11.4 Å². The maximum absolute atomic E-state index is 9.37. The fourth-order valence-corrected chi connectivity index (χ4v) is 0.585. The standard InChI is InChI=1S/C6H8N2O.C3H6O2/c7-6-5(4-9)2-1-3-8-6;1-2-3(4)5/h1-3,9H,4H2,(H2,7,8);2H2,1H3,(H,4,5). The summed E-state index contributed by atoms with van der Waals surface area (Å²) in [5.41, 5.74) is 6.04. The first kappa shape index (κ1) is 12.4. The molecular weight excluding hydrogens is 184 g/mol. The van der Waals surface area contributed by atoms with E-state index in [0.717, 1.165) is 0 Å². The van der Waals surface area contributed by atoms with E-state index in [4.69, 9.17) is 15.9 Å². The highest BCUT2D eigenvalue weighted by Gasteiger charge is 1.93. The highest BCUT2D eigenvalue weighted by Crippen LogP contribution is 2.04. The van der Waals surface area contributed by atoms with Crippen LogP contribution in [0, 0.1) is 0 Å². The number of hydrogen-bond donors (Lipinski definition) is 3. The number of pyridine rings is 1. The second-order valence-corrected chi connectivity index (χ2v) is 2.45. The number of aliphatic carboxylic acids is 1. The fraction of sp³-hybridized carbons (Fsp3) is 0.333. The number of hydrogen-bond acceptors (Lipinski definition) is 4. The van der Waals surface area contributed by atoms with Gasteiger partial charge in [-0.05, 0) is 6.07 Å².